The molecular formula is C17H10ClF3N2O3. The molecule has 0 aliphatic heterocycles. The molecule has 26 heavy (non-hydrogen) atoms. The molecule has 0 N–H and O–H groups in total. The van der Waals surface area contributed by atoms with E-state index in [1.54, 1.807) is 0 Å². The SMILES string of the molecule is Cc1cc(C(F)(F)F)ccc1-c1coc(-c2cc([N+](=O)[O-])ccc2Cl)n1. The number of non-ortho nitro benzene ring substituents is 1. The van der Waals surface area contributed by atoms with Crippen molar-refractivity contribution in [3.63, 3.8) is 0 Å². The van der Waals surface area contributed by atoms with Gasteiger partial charge < -0.3 is 4.42 Å². The Morgan fingerprint density at radius 2 is 1.88 bits per heavy atom. The number of nitro groups is 1. The summed E-state index contributed by atoms with van der Waals surface area (Å²) in [6, 6.07) is 7.09. The van der Waals surface area contributed by atoms with Gasteiger partial charge in [0.1, 0.15) is 12.0 Å². The Balaban J connectivity index is 2.01. The summed E-state index contributed by atoms with van der Waals surface area (Å²) in [5.74, 6) is 0.0352. The van der Waals surface area contributed by atoms with Gasteiger partial charge in [0.2, 0.25) is 5.89 Å². The fraction of sp³-hybridized carbons (Fsp3) is 0.118. The van der Waals surface area contributed by atoms with Gasteiger partial charge in [-0.25, -0.2) is 4.98 Å². The van der Waals surface area contributed by atoms with Gasteiger partial charge >= 0.3 is 6.18 Å². The van der Waals surface area contributed by atoms with Crippen molar-refractivity contribution in [3.05, 3.63) is 68.9 Å². The zero-order chi connectivity index (χ0) is 19.1. The standard InChI is InChI=1S/C17H10ClF3N2O3/c1-9-6-10(17(19,20)21)2-4-12(9)15-8-26-16(22-15)13-7-11(23(24)25)3-5-14(13)18/h2-8H,1H3. The number of oxazole rings is 1. The van der Waals surface area contributed by atoms with Crippen LogP contribution in [0.25, 0.3) is 22.7 Å². The van der Waals surface area contributed by atoms with Gasteiger partial charge in [0.05, 0.1) is 21.1 Å². The highest BCUT2D eigenvalue weighted by Gasteiger charge is 2.30. The predicted molar refractivity (Wildman–Crippen MR) is 88.8 cm³/mol. The lowest BCUT2D eigenvalue weighted by atomic mass is 10.0. The van der Waals surface area contributed by atoms with Crippen LogP contribution in [0.15, 0.2) is 47.1 Å². The van der Waals surface area contributed by atoms with Crippen LogP contribution < -0.4 is 0 Å². The van der Waals surface area contributed by atoms with E-state index in [4.69, 9.17) is 16.0 Å². The first kappa shape index (κ1) is 17.9. The Kier molecular flexibility index (Phi) is 4.45. The summed E-state index contributed by atoms with van der Waals surface area (Å²) < 4.78 is 43.6. The molecule has 0 aliphatic carbocycles. The Morgan fingerprint density at radius 3 is 2.50 bits per heavy atom. The third-order valence-electron chi connectivity index (χ3n) is 3.73. The molecule has 0 atom stereocenters. The van der Waals surface area contributed by atoms with E-state index in [-0.39, 0.29) is 22.2 Å². The van der Waals surface area contributed by atoms with Crippen molar-refractivity contribution >= 4 is 17.3 Å². The number of nitrogens with zero attached hydrogens (tertiary/aromatic N) is 2. The summed E-state index contributed by atoms with van der Waals surface area (Å²) in [5.41, 5.74) is 0.393. The summed E-state index contributed by atoms with van der Waals surface area (Å²) in [4.78, 5) is 14.5. The van der Waals surface area contributed by atoms with Crippen molar-refractivity contribution in [2.24, 2.45) is 0 Å². The second kappa shape index (κ2) is 6.45. The molecule has 0 amide bonds. The maximum atomic E-state index is 12.8. The maximum absolute atomic E-state index is 12.8. The molecule has 0 unspecified atom stereocenters. The maximum Gasteiger partial charge on any atom is 0.416 e. The van der Waals surface area contributed by atoms with E-state index in [1.807, 2.05) is 0 Å². The molecule has 5 nitrogen and oxygen atoms in total. The summed E-state index contributed by atoms with van der Waals surface area (Å²) in [6.45, 7) is 1.53. The lowest BCUT2D eigenvalue weighted by Gasteiger charge is -2.09. The van der Waals surface area contributed by atoms with Crippen LogP contribution in [0.4, 0.5) is 18.9 Å². The Morgan fingerprint density at radius 1 is 1.15 bits per heavy atom. The van der Waals surface area contributed by atoms with Gasteiger partial charge in [-0.05, 0) is 30.7 Å². The van der Waals surface area contributed by atoms with Gasteiger partial charge in [0.15, 0.2) is 0 Å². The largest absolute Gasteiger partial charge is 0.444 e. The quantitative estimate of drug-likeness (QED) is 0.418. The van der Waals surface area contributed by atoms with E-state index in [9.17, 15) is 23.3 Å². The molecule has 2 aromatic carbocycles. The zero-order valence-electron chi connectivity index (χ0n) is 13.2. The van der Waals surface area contributed by atoms with E-state index in [2.05, 4.69) is 4.98 Å². The number of hydrogen-bond acceptors (Lipinski definition) is 4. The highest BCUT2D eigenvalue weighted by atomic mass is 35.5. The van der Waals surface area contributed by atoms with Crippen molar-refractivity contribution in [2.45, 2.75) is 13.1 Å². The molecule has 3 aromatic rings. The summed E-state index contributed by atoms with van der Waals surface area (Å²) >= 11 is 6.05. The van der Waals surface area contributed by atoms with Crippen LogP contribution in [-0.4, -0.2) is 9.91 Å². The van der Waals surface area contributed by atoms with Crippen molar-refractivity contribution in [1.82, 2.24) is 4.98 Å². The zero-order valence-corrected chi connectivity index (χ0v) is 13.9. The fourth-order valence-electron chi connectivity index (χ4n) is 2.44. The van der Waals surface area contributed by atoms with Gasteiger partial charge in [-0.2, -0.15) is 13.2 Å². The first-order valence-corrected chi connectivity index (χ1v) is 7.62. The first-order valence-electron chi connectivity index (χ1n) is 7.25. The number of halogens is 4. The average molecular weight is 383 g/mol. The molecular weight excluding hydrogens is 373 g/mol. The summed E-state index contributed by atoms with van der Waals surface area (Å²) in [6.07, 6.45) is -3.17. The molecule has 9 heteroatoms. The van der Waals surface area contributed by atoms with Gasteiger partial charge in [0, 0.05) is 17.7 Å². The molecule has 0 fully saturated rings. The smallest absolute Gasteiger partial charge is 0.416 e. The molecule has 0 bridgehead atoms. The third kappa shape index (κ3) is 3.41. The first-order chi connectivity index (χ1) is 12.2. The number of rotatable bonds is 3. The highest BCUT2D eigenvalue weighted by molar-refractivity contribution is 6.33. The van der Waals surface area contributed by atoms with Gasteiger partial charge in [0.25, 0.3) is 5.69 Å². The van der Waals surface area contributed by atoms with Crippen LogP contribution in [0, 0.1) is 17.0 Å². The second-order valence-corrected chi connectivity index (χ2v) is 5.89. The van der Waals surface area contributed by atoms with E-state index < -0.39 is 16.7 Å². The molecule has 0 saturated carbocycles. The molecule has 134 valence electrons. The minimum Gasteiger partial charge on any atom is -0.444 e. The van der Waals surface area contributed by atoms with Crippen molar-refractivity contribution in [1.29, 1.82) is 0 Å². The molecule has 3 rings (SSSR count). The summed E-state index contributed by atoms with van der Waals surface area (Å²) in [5, 5.41) is 11.1. The van der Waals surface area contributed by atoms with Crippen LogP contribution in [-0.2, 0) is 6.18 Å². The van der Waals surface area contributed by atoms with E-state index in [0.717, 1.165) is 12.1 Å². The molecule has 0 aliphatic rings. The second-order valence-electron chi connectivity index (χ2n) is 5.49. The van der Waals surface area contributed by atoms with E-state index in [0.29, 0.717) is 16.8 Å². The van der Waals surface area contributed by atoms with Gasteiger partial charge in [-0.1, -0.05) is 17.7 Å². The molecule has 1 aromatic heterocycles. The van der Waals surface area contributed by atoms with Crippen LogP contribution in [0.2, 0.25) is 5.02 Å². The van der Waals surface area contributed by atoms with Crippen molar-refractivity contribution < 1.29 is 22.5 Å². The Bertz CT molecular complexity index is 999. The highest BCUT2D eigenvalue weighted by Crippen LogP contribution is 2.35. The summed E-state index contributed by atoms with van der Waals surface area (Å²) in [7, 11) is 0. The number of aromatic nitrogens is 1. The van der Waals surface area contributed by atoms with Crippen molar-refractivity contribution in [3.8, 4) is 22.7 Å². The lowest BCUT2D eigenvalue weighted by Crippen LogP contribution is -2.05. The molecule has 0 spiro atoms. The number of alkyl halides is 3. The minimum absolute atomic E-state index is 0.0352. The minimum atomic E-state index is -4.44. The van der Waals surface area contributed by atoms with Gasteiger partial charge in [-0.3, -0.25) is 10.1 Å². The van der Waals surface area contributed by atoms with Gasteiger partial charge in [-0.15, -0.1) is 0 Å². The predicted octanol–water partition coefficient (Wildman–Crippen LogP) is 5.90. The van der Waals surface area contributed by atoms with Crippen LogP contribution in [0.3, 0.4) is 0 Å². The van der Waals surface area contributed by atoms with Crippen molar-refractivity contribution in [2.75, 3.05) is 0 Å². The number of benzene rings is 2. The molecule has 0 radical (unpaired) electrons. The molecule has 1 heterocycles. The number of hydrogen-bond donors (Lipinski definition) is 0. The normalized spacial score (nSPS) is 11.6. The third-order valence-corrected chi connectivity index (χ3v) is 4.05. The average Bonchev–Trinajstić information content (AvgIpc) is 3.03. The lowest BCUT2D eigenvalue weighted by molar-refractivity contribution is -0.384. The van der Waals surface area contributed by atoms with Crippen LogP contribution >= 0.6 is 11.6 Å². The Labute approximate surface area is 150 Å². The van der Waals surface area contributed by atoms with Crippen LogP contribution in [0.1, 0.15) is 11.1 Å². The topological polar surface area (TPSA) is 69.2 Å². The Hall–Kier alpha value is -2.87. The fourth-order valence-corrected chi connectivity index (χ4v) is 2.64. The monoisotopic (exact) mass is 382 g/mol. The number of aryl methyl sites for hydroxylation is 1. The van der Waals surface area contributed by atoms with E-state index >= 15 is 0 Å². The molecule has 0 saturated heterocycles. The van der Waals surface area contributed by atoms with E-state index in [1.165, 1.54) is 37.5 Å². The van der Waals surface area contributed by atoms with Crippen LogP contribution in [0.5, 0.6) is 0 Å². The number of nitro benzene ring substituents is 1.